The molecule has 0 unspecified atom stereocenters. The van der Waals surface area contributed by atoms with Crippen molar-refractivity contribution in [2.75, 3.05) is 11.8 Å². The second-order valence-electron chi connectivity index (χ2n) is 4.69. The fraction of sp³-hybridized carbons (Fsp3) is 0.0667. The van der Waals surface area contributed by atoms with Crippen LogP contribution in [0.4, 0.5) is 5.69 Å². The number of esters is 1. The lowest BCUT2D eigenvalue weighted by molar-refractivity contribution is 0.0597. The second kappa shape index (κ2) is 6.59. The summed E-state index contributed by atoms with van der Waals surface area (Å²) in [6, 6.07) is 8.94. The Labute approximate surface area is 137 Å². The molecular weight excluding hydrogens is 336 g/mol. The van der Waals surface area contributed by atoms with Crippen LogP contribution in [0.5, 0.6) is 5.75 Å². The summed E-state index contributed by atoms with van der Waals surface area (Å²) < 4.78 is 31.6. The quantitative estimate of drug-likeness (QED) is 0.690. The molecular formula is C15H14N2O6S. The maximum absolute atomic E-state index is 12.5. The number of nitrogens with one attached hydrogen (secondary N) is 1. The number of hydrogen-bond donors (Lipinski definition) is 3. The van der Waals surface area contributed by atoms with Crippen LogP contribution in [0.25, 0.3) is 0 Å². The van der Waals surface area contributed by atoms with Crippen LogP contribution >= 0.6 is 0 Å². The van der Waals surface area contributed by atoms with Crippen LogP contribution < -0.4 is 10.5 Å². The molecule has 0 bridgehead atoms. The van der Waals surface area contributed by atoms with Crippen molar-refractivity contribution in [2.24, 2.45) is 5.73 Å². The van der Waals surface area contributed by atoms with E-state index in [9.17, 15) is 23.1 Å². The van der Waals surface area contributed by atoms with Gasteiger partial charge >= 0.3 is 5.97 Å². The Morgan fingerprint density at radius 3 is 2.42 bits per heavy atom. The van der Waals surface area contributed by atoms with Gasteiger partial charge in [-0.2, -0.15) is 0 Å². The van der Waals surface area contributed by atoms with Crippen molar-refractivity contribution in [2.45, 2.75) is 4.90 Å². The molecule has 8 nitrogen and oxygen atoms in total. The lowest BCUT2D eigenvalue weighted by Gasteiger charge is -2.12. The molecule has 126 valence electrons. The highest BCUT2D eigenvalue weighted by Gasteiger charge is 2.21. The van der Waals surface area contributed by atoms with Crippen molar-refractivity contribution in [1.82, 2.24) is 0 Å². The number of rotatable bonds is 5. The van der Waals surface area contributed by atoms with Gasteiger partial charge in [0.15, 0.2) is 0 Å². The first-order valence-corrected chi connectivity index (χ1v) is 8.07. The number of primary amides is 1. The number of hydrogen-bond acceptors (Lipinski definition) is 6. The highest BCUT2D eigenvalue weighted by molar-refractivity contribution is 7.92. The first-order valence-electron chi connectivity index (χ1n) is 6.59. The number of carbonyl (C=O) groups excluding carboxylic acids is 2. The van der Waals surface area contributed by atoms with Gasteiger partial charge in [0.25, 0.3) is 15.9 Å². The average Bonchev–Trinajstić information content (AvgIpc) is 2.54. The number of amides is 1. The molecule has 0 atom stereocenters. The predicted molar refractivity (Wildman–Crippen MR) is 85.2 cm³/mol. The van der Waals surface area contributed by atoms with Gasteiger partial charge in [0.2, 0.25) is 0 Å². The van der Waals surface area contributed by atoms with Crippen LogP contribution in [0.3, 0.4) is 0 Å². The first kappa shape index (κ1) is 17.3. The predicted octanol–water partition coefficient (Wildman–Crippen LogP) is 1.08. The van der Waals surface area contributed by atoms with Gasteiger partial charge in [-0.3, -0.25) is 9.52 Å². The maximum atomic E-state index is 12.5. The van der Waals surface area contributed by atoms with Gasteiger partial charge in [0.1, 0.15) is 11.3 Å². The van der Waals surface area contributed by atoms with Crippen molar-refractivity contribution in [1.29, 1.82) is 0 Å². The van der Waals surface area contributed by atoms with E-state index in [-0.39, 0.29) is 21.7 Å². The molecule has 0 heterocycles. The molecule has 24 heavy (non-hydrogen) atoms. The van der Waals surface area contributed by atoms with E-state index in [0.717, 1.165) is 25.3 Å². The van der Waals surface area contributed by atoms with Crippen LogP contribution in [-0.4, -0.2) is 32.5 Å². The topological polar surface area (TPSA) is 136 Å². The fourth-order valence-electron chi connectivity index (χ4n) is 1.95. The minimum atomic E-state index is -4.13. The third-order valence-electron chi connectivity index (χ3n) is 3.12. The molecule has 0 fully saturated rings. The molecule has 0 aliphatic carbocycles. The minimum absolute atomic E-state index is 0.00214. The Morgan fingerprint density at radius 2 is 1.79 bits per heavy atom. The van der Waals surface area contributed by atoms with Crippen molar-refractivity contribution in [3.8, 4) is 5.75 Å². The van der Waals surface area contributed by atoms with Crippen LogP contribution in [0, 0.1) is 0 Å². The van der Waals surface area contributed by atoms with Crippen molar-refractivity contribution in [3.05, 3.63) is 53.6 Å². The monoisotopic (exact) mass is 350 g/mol. The molecule has 0 spiro atoms. The van der Waals surface area contributed by atoms with Crippen molar-refractivity contribution < 1.29 is 27.9 Å². The van der Waals surface area contributed by atoms with Crippen molar-refractivity contribution in [3.63, 3.8) is 0 Å². The third kappa shape index (κ3) is 3.46. The Kier molecular flexibility index (Phi) is 4.74. The number of benzene rings is 2. The Balaban J connectivity index is 2.46. The summed E-state index contributed by atoms with van der Waals surface area (Å²) >= 11 is 0. The van der Waals surface area contributed by atoms with Gasteiger partial charge in [-0.15, -0.1) is 0 Å². The van der Waals surface area contributed by atoms with E-state index in [0.29, 0.717) is 0 Å². The number of nitrogens with two attached hydrogens (primary N) is 1. The fourth-order valence-corrected chi connectivity index (χ4v) is 3.05. The molecule has 0 aliphatic rings. The molecule has 2 aromatic carbocycles. The van der Waals surface area contributed by atoms with Crippen molar-refractivity contribution >= 4 is 27.6 Å². The third-order valence-corrected chi connectivity index (χ3v) is 4.48. The number of anilines is 1. The number of phenols is 1. The smallest absolute Gasteiger partial charge is 0.341 e. The number of methoxy groups -OCH3 is 1. The number of aromatic hydroxyl groups is 1. The molecule has 0 aliphatic heterocycles. The average molecular weight is 350 g/mol. The highest BCUT2D eigenvalue weighted by atomic mass is 32.2. The van der Waals surface area contributed by atoms with Gasteiger partial charge in [-0.25, -0.2) is 13.2 Å². The number of phenolic OH excluding ortho intramolecular Hbond substituents is 1. The summed E-state index contributed by atoms with van der Waals surface area (Å²) in [6.45, 7) is 0. The Bertz CT molecular complexity index is 908. The Hall–Kier alpha value is -3.07. The van der Waals surface area contributed by atoms with Gasteiger partial charge in [0.05, 0.1) is 23.3 Å². The standard InChI is InChI=1S/C15H14N2O6S/c1-23-15(20)11-8-9(6-7-13(11)18)24(21,22)17-12-5-3-2-4-10(12)14(16)19/h2-8,17-18H,1H3,(H2,16,19). The largest absolute Gasteiger partial charge is 0.507 e. The van der Waals surface area contributed by atoms with Crippen LogP contribution in [0.2, 0.25) is 0 Å². The zero-order chi connectivity index (χ0) is 17.9. The summed E-state index contributed by atoms with van der Waals surface area (Å²) in [4.78, 5) is 22.6. The second-order valence-corrected chi connectivity index (χ2v) is 6.37. The van der Waals surface area contributed by atoms with E-state index in [1.54, 1.807) is 0 Å². The number of para-hydroxylation sites is 1. The van der Waals surface area contributed by atoms with E-state index < -0.39 is 27.6 Å². The van der Waals surface area contributed by atoms with E-state index in [1.807, 2.05) is 0 Å². The molecule has 9 heteroatoms. The van der Waals surface area contributed by atoms with E-state index >= 15 is 0 Å². The van der Waals surface area contributed by atoms with Crippen LogP contribution in [0.15, 0.2) is 47.4 Å². The van der Waals surface area contributed by atoms with E-state index in [1.165, 1.54) is 24.3 Å². The zero-order valence-electron chi connectivity index (χ0n) is 12.5. The molecule has 0 aromatic heterocycles. The van der Waals surface area contributed by atoms with E-state index in [4.69, 9.17) is 5.73 Å². The number of sulfonamides is 1. The van der Waals surface area contributed by atoms with Crippen LogP contribution in [-0.2, 0) is 14.8 Å². The normalized spacial score (nSPS) is 10.9. The molecule has 0 radical (unpaired) electrons. The summed E-state index contributed by atoms with van der Waals surface area (Å²) in [5.74, 6) is -2.10. The lowest BCUT2D eigenvalue weighted by Crippen LogP contribution is -2.19. The molecule has 2 rings (SSSR count). The highest BCUT2D eigenvalue weighted by Crippen LogP contribution is 2.25. The molecule has 0 saturated heterocycles. The summed E-state index contributed by atoms with van der Waals surface area (Å²) in [5, 5.41) is 9.63. The number of ether oxygens (including phenoxy) is 1. The maximum Gasteiger partial charge on any atom is 0.341 e. The Morgan fingerprint density at radius 1 is 1.12 bits per heavy atom. The number of carbonyl (C=O) groups is 2. The first-order chi connectivity index (χ1) is 11.3. The van der Waals surface area contributed by atoms with Gasteiger partial charge in [-0.05, 0) is 30.3 Å². The molecule has 1 amide bonds. The molecule has 0 saturated carbocycles. The minimum Gasteiger partial charge on any atom is -0.507 e. The lowest BCUT2D eigenvalue weighted by atomic mass is 10.2. The van der Waals surface area contributed by atoms with Gasteiger partial charge < -0.3 is 15.6 Å². The zero-order valence-corrected chi connectivity index (χ0v) is 13.3. The summed E-state index contributed by atoms with van der Waals surface area (Å²) in [7, 11) is -3.03. The summed E-state index contributed by atoms with van der Waals surface area (Å²) in [5.41, 5.74) is 4.89. The van der Waals surface area contributed by atoms with Crippen LogP contribution in [0.1, 0.15) is 20.7 Å². The van der Waals surface area contributed by atoms with Gasteiger partial charge in [-0.1, -0.05) is 12.1 Å². The molecule has 4 N–H and O–H groups in total. The summed E-state index contributed by atoms with van der Waals surface area (Å²) in [6.07, 6.45) is 0. The van der Waals surface area contributed by atoms with E-state index in [2.05, 4.69) is 9.46 Å². The van der Waals surface area contributed by atoms with Gasteiger partial charge in [0, 0.05) is 0 Å². The SMILES string of the molecule is COC(=O)c1cc(S(=O)(=O)Nc2ccccc2C(N)=O)ccc1O. The molecule has 2 aromatic rings.